The van der Waals surface area contributed by atoms with Crippen molar-refractivity contribution < 1.29 is 45.4 Å². The van der Waals surface area contributed by atoms with E-state index in [1.54, 1.807) is 0 Å². The van der Waals surface area contributed by atoms with Crippen LogP contribution in [0.3, 0.4) is 0 Å². The quantitative estimate of drug-likeness (QED) is 0.117. The van der Waals surface area contributed by atoms with E-state index in [2.05, 4.69) is 21.3 Å². The van der Waals surface area contributed by atoms with E-state index in [1.165, 1.54) is 60.7 Å². The van der Waals surface area contributed by atoms with E-state index in [0.29, 0.717) is 12.1 Å². The van der Waals surface area contributed by atoms with Crippen molar-refractivity contribution in [2.24, 2.45) is 0 Å². The monoisotopic (exact) mass is 802 g/mol. The average molecular weight is 804 g/mol. The second-order valence-corrected chi connectivity index (χ2v) is 12.1. The molecule has 0 radical (unpaired) electrons. The summed E-state index contributed by atoms with van der Waals surface area (Å²) in [5.74, 6) is -0.0159. The van der Waals surface area contributed by atoms with Crippen LogP contribution in [0.1, 0.15) is 11.1 Å². The van der Waals surface area contributed by atoms with Crippen LogP contribution < -0.4 is 30.7 Å². The number of urea groups is 2. The molecule has 0 saturated heterocycles. The van der Waals surface area contributed by atoms with Gasteiger partial charge in [-0.15, -0.1) is 0 Å². The Labute approximate surface area is 310 Å². The van der Waals surface area contributed by atoms with Gasteiger partial charge in [0.05, 0.1) is 42.6 Å². The van der Waals surface area contributed by atoms with Gasteiger partial charge in [0.2, 0.25) is 0 Å². The molecule has 0 bridgehead atoms. The van der Waals surface area contributed by atoms with Crippen molar-refractivity contribution in [2.45, 2.75) is 12.4 Å². The smallest absolute Gasteiger partial charge is 0.416 e. The Hall–Kier alpha value is -5.02. The van der Waals surface area contributed by atoms with Crippen LogP contribution in [0.5, 0.6) is 23.0 Å². The molecule has 270 valence electrons. The van der Waals surface area contributed by atoms with Gasteiger partial charge in [-0.3, -0.25) is 0 Å². The van der Waals surface area contributed by atoms with Crippen molar-refractivity contribution in [1.82, 2.24) is 0 Å². The largest absolute Gasteiger partial charge is 0.455 e. The Morgan fingerprint density at radius 2 is 0.827 bits per heavy atom. The first-order chi connectivity index (χ1) is 24.4. The minimum atomic E-state index is -4.73. The van der Waals surface area contributed by atoms with Gasteiger partial charge >= 0.3 is 24.4 Å². The SMILES string of the molecule is O=C(Nc1ccc(NC(=O)Nc2cc(C(F)(F)F)ccc2Oc2ccc(Cl)c(Cl)c2)cc1)Nc1cc(C(F)(F)F)ccc1Oc1ccc(Cl)c(Cl)c1. The Morgan fingerprint density at radius 3 is 1.15 bits per heavy atom. The lowest BCUT2D eigenvalue weighted by atomic mass is 10.1. The normalized spacial score (nSPS) is 11.4. The van der Waals surface area contributed by atoms with Crippen molar-refractivity contribution >= 4 is 81.2 Å². The molecular formula is C34H20Cl4F6N4O4. The molecule has 0 aliphatic heterocycles. The van der Waals surface area contributed by atoms with E-state index in [1.807, 2.05) is 0 Å². The first-order valence-corrected chi connectivity index (χ1v) is 15.9. The summed E-state index contributed by atoms with van der Waals surface area (Å²) < 4.78 is 92.1. The van der Waals surface area contributed by atoms with E-state index in [-0.39, 0.29) is 65.8 Å². The Kier molecular flexibility index (Phi) is 11.5. The van der Waals surface area contributed by atoms with Gasteiger partial charge in [0.25, 0.3) is 0 Å². The third-order valence-corrected chi connectivity index (χ3v) is 8.23. The van der Waals surface area contributed by atoms with Gasteiger partial charge in [0.1, 0.15) is 11.5 Å². The molecule has 0 atom stereocenters. The molecule has 8 nitrogen and oxygen atoms in total. The zero-order chi connectivity index (χ0) is 37.8. The van der Waals surface area contributed by atoms with Crippen molar-refractivity contribution in [3.8, 4) is 23.0 Å². The highest BCUT2D eigenvalue weighted by Gasteiger charge is 2.32. The van der Waals surface area contributed by atoms with Crippen molar-refractivity contribution in [1.29, 1.82) is 0 Å². The maximum atomic E-state index is 13.5. The highest BCUT2D eigenvalue weighted by Crippen LogP contribution is 2.40. The molecule has 5 rings (SSSR count). The maximum Gasteiger partial charge on any atom is 0.416 e. The van der Waals surface area contributed by atoms with Gasteiger partial charge in [-0.1, -0.05) is 46.4 Å². The van der Waals surface area contributed by atoms with Crippen LogP contribution in [0, 0.1) is 0 Å². The maximum absolute atomic E-state index is 13.5. The first kappa shape index (κ1) is 38.2. The third-order valence-electron chi connectivity index (χ3n) is 6.75. The third kappa shape index (κ3) is 10.1. The van der Waals surface area contributed by atoms with E-state index < -0.39 is 35.5 Å². The van der Waals surface area contributed by atoms with Crippen LogP contribution in [-0.4, -0.2) is 12.1 Å². The van der Waals surface area contributed by atoms with E-state index >= 15 is 0 Å². The highest BCUT2D eigenvalue weighted by molar-refractivity contribution is 6.42. The summed E-state index contributed by atoms with van der Waals surface area (Å²) in [6.07, 6.45) is -9.46. The number of ether oxygens (including phenoxy) is 2. The molecule has 0 heterocycles. The van der Waals surface area contributed by atoms with Gasteiger partial charge in [-0.25, -0.2) is 9.59 Å². The predicted octanol–water partition coefficient (Wildman–Crippen LogP) is 13.2. The van der Waals surface area contributed by atoms with Gasteiger partial charge < -0.3 is 30.7 Å². The van der Waals surface area contributed by atoms with Crippen LogP contribution in [0.4, 0.5) is 58.7 Å². The Balaban J connectivity index is 1.26. The molecule has 4 amide bonds. The number of anilines is 4. The topological polar surface area (TPSA) is 101 Å². The van der Waals surface area contributed by atoms with Gasteiger partial charge in [-0.05, 0) is 84.9 Å². The number of benzene rings is 5. The fourth-order valence-electron chi connectivity index (χ4n) is 4.33. The van der Waals surface area contributed by atoms with Crippen LogP contribution in [0.25, 0.3) is 0 Å². The average Bonchev–Trinajstić information content (AvgIpc) is 3.06. The molecule has 52 heavy (non-hydrogen) atoms. The molecule has 0 fully saturated rings. The highest BCUT2D eigenvalue weighted by atomic mass is 35.5. The molecule has 0 aliphatic carbocycles. The Bertz CT molecular complexity index is 1980. The first-order valence-electron chi connectivity index (χ1n) is 14.4. The van der Waals surface area contributed by atoms with Gasteiger partial charge in [0, 0.05) is 23.5 Å². The van der Waals surface area contributed by atoms with E-state index in [0.717, 1.165) is 24.3 Å². The molecule has 0 aliphatic rings. The van der Waals surface area contributed by atoms with Crippen LogP contribution in [0.15, 0.2) is 97.1 Å². The number of alkyl halides is 6. The minimum Gasteiger partial charge on any atom is -0.455 e. The zero-order valence-electron chi connectivity index (χ0n) is 25.7. The number of carbonyl (C=O) groups excluding carboxylic acids is 2. The molecule has 5 aromatic rings. The molecule has 0 aromatic heterocycles. The number of rotatable bonds is 8. The summed E-state index contributed by atoms with van der Waals surface area (Å²) in [5, 5.41) is 10.2. The molecule has 0 unspecified atom stereocenters. The molecule has 0 saturated carbocycles. The number of hydrogen-bond donors (Lipinski definition) is 4. The fraction of sp³-hybridized carbons (Fsp3) is 0.0588. The number of carbonyl (C=O) groups is 2. The van der Waals surface area contributed by atoms with Crippen molar-refractivity contribution in [2.75, 3.05) is 21.3 Å². The fourth-order valence-corrected chi connectivity index (χ4v) is 4.90. The summed E-state index contributed by atoms with van der Waals surface area (Å²) >= 11 is 23.8. The second-order valence-electron chi connectivity index (χ2n) is 10.5. The summed E-state index contributed by atoms with van der Waals surface area (Å²) in [5.41, 5.74) is -2.47. The lowest BCUT2D eigenvalue weighted by Crippen LogP contribution is -2.21. The Morgan fingerprint density at radius 1 is 0.462 bits per heavy atom. The molecule has 0 spiro atoms. The van der Waals surface area contributed by atoms with Crippen molar-refractivity contribution in [3.63, 3.8) is 0 Å². The minimum absolute atomic E-state index is 0.128. The summed E-state index contributed by atoms with van der Waals surface area (Å²) in [7, 11) is 0. The van der Waals surface area contributed by atoms with Crippen LogP contribution >= 0.6 is 46.4 Å². The standard InChI is InChI=1S/C34H20Cl4F6N4O4/c35-23-9-7-21(15-25(23)37)51-29-11-1-17(33(39,40)41)13-27(29)47-31(49)45-19-3-5-20(6-4-19)46-32(50)48-28-14-18(34(42,43)44)2-12-30(28)52-22-8-10-24(36)26(38)16-22/h1-16H,(H2,45,47,49)(H2,46,48,50). The molecular weight excluding hydrogens is 784 g/mol. The van der Waals surface area contributed by atoms with Gasteiger partial charge in [0.15, 0.2) is 11.5 Å². The number of nitrogens with one attached hydrogen (secondary N) is 4. The van der Waals surface area contributed by atoms with Crippen LogP contribution in [0.2, 0.25) is 20.1 Å². The number of hydrogen-bond acceptors (Lipinski definition) is 4. The van der Waals surface area contributed by atoms with E-state index in [9.17, 15) is 35.9 Å². The summed E-state index contributed by atoms with van der Waals surface area (Å²) in [6, 6.07) is 16.8. The zero-order valence-corrected chi connectivity index (χ0v) is 28.7. The summed E-state index contributed by atoms with van der Waals surface area (Å²) in [6.45, 7) is 0. The summed E-state index contributed by atoms with van der Waals surface area (Å²) in [4.78, 5) is 25.7. The second kappa shape index (κ2) is 15.7. The lowest BCUT2D eigenvalue weighted by molar-refractivity contribution is -0.138. The van der Waals surface area contributed by atoms with Gasteiger partial charge in [-0.2, -0.15) is 26.3 Å². The molecule has 4 N–H and O–H groups in total. The molecule has 18 heteroatoms. The number of halogens is 10. The predicted molar refractivity (Wildman–Crippen MR) is 188 cm³/mol. The number of amides is 4. The van der Waals surface area contributed by atoms with Crippen molar-refractivity contribution in [3.05, 3.63) is 128 Å². The van der Waals surface area contributed by atoms with Crippen LogP contribution in [-0.2, 0) is 12.4 Å². The van der Waals surface area contributed by atoms with E-state index in [4.69, 9.17) is 55.9 Å². The lowest BCUT2D eigenvalue weighted by Gasteiger charge is -2.16. The molecule has 5 aromatic carbocycles.